The highest BCUT2D eigenvalue weighted by Crippen LogP contribution is 2.69. The van der Waals surface area contributed by atoms with Gasteiger partial charge >= 0.3 is 5.97 Å². The molecule has 0 saturated heterocycles. The average Bonchev–Trinajstić information content (AvgIpc) is 3.56. The molecule has 0 aromatic carbocycles. The Balaban J connectivity index is 1.47. The van der Waals surface area contributed by atoms with Gasteiger partial charge < -0.3 is 20.1 Å². The molecular weight excluding hydrogens is 476 g/mol. The summed E-state index contributed by atoms with van der Waals surface area (Å²) in [5, 5.41) is 31.3. The summed E-state index contributed by atoms with van der Waals surface area (Å²) >= 11 is 0. The molecule has 0 bridgehead atoms. The summed E-state index contributed by atoms with van der Waals surface area (Å²) in [5.41, 5.74) is 2.56. The predicted octanol–water partition coefficient (Wildman–Crippen LogP) is 6.19. The molecule has 4 saturated carbocycles. The second-order valence-corrected chi connectivity index (χ2v) is 13.4. The van der Waals surface area contributed by atoms with E-state index in [1.54, 1.807) is 13.8 Å². The number of aliphatic hydroxyl groups excluding tert-OH is 3. The number of carbonyl (C=O) groups excluding carboxylic acids is 1. The summed E-state index contributed by atoms with van der Waals surface area (Å²) in [4.78, 5) is 12.6. The zero-order chi connectivity index (χ0) is 27.7. The third kappa shape index (κ3) is 5.76. The van der Waals surface area contributed by atoms with Crippen molar-refractivity contribution in [1.29, 1.82) is 0 Å². The van der Waals surface area contributed by atoms with Gasteiger partial charge in [0.2, 0.25) is 0 Å². The second kappa shape index (κ2) is 11.4. The lowest BCUT2D eigenvalue weighted by atomic mass is 9.60. The van der Waals surface area contributed by atoms with E-state index in [-0.39, 0.29) is 16.8 Å². The van der Waals surface area contributed by atoms with E-state index >= 15 is 0 Å². The number of fused-ring (bicyclic) bond motifs is 1. The van der Waals surface area contributed by atoms with E-state index < -0.39 is 23.7 Å². The number of aliphatic hydroxyl groups is 3. The highest BCUT2D eigenvalue weighted by atomic mass is 16.5. The van der Waals surface area contributed by atoms with Crippen LogP contribution in [-0.4, -0.2) is 46.2 Å². The maximum atomic E-state index is 12.6. The molecule has 4 rings (SSSR count). The number of hydrogen-bond acceptors (Lipinski definition) is 5. The van der Waals surface area contributed by atoms with Gasteiger partial charge in [0.1, 0.15) is 0 Å². The van der Waals surface area contributed by atoms with Crippen LogP contribution in [0.25, 0.3) is 0 Å². The second-order valence-electron chi connectivity index (χ2n) is 13.4. The van der Waals surface area contributed by atoms with E-state index in [9.17, 15) is 20.1 Å². The Hall–Kier alpha value is -1.69. The van der Waals surface area contributed by atoms with Crippen LogP contribution in [0.5, 0.6) is 0 Å². The maximum absolute atomic E-state index is 12.6. The van der Waals surface area contributed by atoms with Gasteiger partial charge in [0.05, 0.1) is 30.3 Å². The zero-order valence-electron chi connectivity index (χ0n) is 24.0. The third-order valence-corrected chi connectivity index (χ3v) is 10.4. The monoisotopic (exact) mass is 526 g/mol. The minimum absolute atomic E-state index is 0.111. The summed E-state index contributed by atoms with van der Waals surface area (Å²) in [6, 6.07) is 0. The van der Waals surface area contributed by atoms with Gasteiger partial charge in [0, 0.05) is 6.42 Å². The first-order valence-electron chi connectivity index (χ1n) is 14.9. The average molecular weight is 527 g/mol. The minimum Gasteiger partial charge on any atom is -0.465 e. The van der Waals surface area contributed by atoms with E-state index in [2.05, 4.69) is 38.7 Å². The van der Waals surface area contributed by atoms with E-state index in [0.29, 0.717) is 31.3 Å². The fourth-order valence-corrected chi connectivity index (χ4v) is 7.56. The molecule has 6 atom stereocenters. The molecule has 0 spiro atoms. The highest BCUT2D eigenvalue weighted by molar-refractivity contribution is 5.77. The first-order chi connectivity index (χ1) is 17.9. The molecule has 0 amide bonds. The summed E-state index contributed by atoms with van der Waals surface area (Å²) in [6.07, 6.45) is 17.3. The van der Waals surface area contributed by atoms with Crippen molar-refractivity contribution < 1.29 is 24.9 Å². The molecule has 0 heterocycles. The van der Waals surface area contributed by atoms with Crippen LogP contribution in [0.2, 0.25) is 0 Å². The van der Waals surface area contributed by atoms with Crippen LogP contribution >= 0.6 is 0 Å². The fourth-order valence-electron chi connectivity index (χ4n) is 7.56. The highest BCUT2D eigenvalue weighted by Gasteiger charge is 2.60. The SMILES string of the molecule is C=C1C(=CC=C2CCC[C@]3(C)[C@@H](C4(C=C[C@@H](O)C(C)(C)C(=O)OCCCC)CC4)CC[C@@H]23)C[C@@H](O)C[C@@H]1O. The Morgan fingerprint density at radius 1 is 1.21 bits per heavy atom. The third-order valence-electron chi connectivity index (χ3n) is 10.4. The molecule has 212 valence electrons. The van der Waals surface area contributed by atoms with Gasteiger partial charge in [0.25, 0.3) is 0 Å². The topological polar surface area (TPSA) is 87.0 Å². The van der Waals surface area contributed by atoms with Crippen LogP contribution in [0.15, 0.2) is 47.6 Å². The van der Waals surface area contributed by atoms with Crippen LogP contribution in [0.1, 0.15) is 98.3 Å². The fraction of sp³-hybridized carbons (Fsp3) is 0.727. The molecule has 38 heavy (non-hydrogen) atoms. The Morgan fingerprint density at radius 3 is 2.63 bits per heavy atom. The normalized spacial score (nSPS) is 36.0. The molecule has 0 radical (unpaired) electrons. The van der Waals surface area contributed by atoms with Gasteiger partial charge in [-0.3, -0.25) is 4.79 Å². The van der Waals surface area contributed by atoms with Crippen molar-refractivity contribution in [3.8, 4) is 0 Å². The van der Waals surface area contributed by atoms with Gasteiger partial charge in [-0.2, -0.15) is 0 Å². The van der Waals surface area contributed by atoms with Crippen molar-refractivity contribution in [3.63, 3.8) is 0 Å². The summed E-state index contributed by atoms with van der Waals surface area (Å²) in [7, 11) is 0. The number of ether oxygens (including phenoxy) is 1. The number of unbranched alkanes of at least 4 members (excludes halogenated alkanes) is 1. The van der Waals surface area contributed by atoms with Gasteiger partial charge in [-0.15, -0.1) is 0 Å². The van der Waals surface area contributed by atoms with Crippen LogP contribution in [0, 0.1) is 28.1 Å². The summed E-state index contributed by atoms with van der Waals surface area (Å²) in [6.45, 7) is 12.6. The number of esters is 1. The number of rotatable bonds is 9. The van der Waals surface area contributed by atoms with E-state index in [4.69, 9.17) is 4.74 Å². The molecule has 5 heteroatoms. The van der Waals surface area contributed by atoms with Gasteiger partial charge in [0.15, 0.2) is 0 Å². The zero-order valence-corrected chi connectivity index (χ0v) is 24.0. The summed E-state index contributed by atoms with van der Waals surface area (Å²) < 4.78 is 5.42. The standard InChI is InChI=1S/C33H50O5/c1-6-7-19-38-30(37)31(3,4)29(36)14-16-33(17-18-33)28-13-12-26-23(9-8-15-32(26,28)5)10-11-24-20-25(34)21-27(35)22(24)2/h10-11,14,16,25-29,34-36H,2,6-9,12-13,15,17-21H2,1,3-5H3/t25-,26+,27+,28+,29-,32+/m1/s1. The van der Waals surface area contributed by atoms with Crippen LogP contribution in [0.3, 0.4) is 0 Å². The molecule has 4 aliphatic rings. The molecule has 0 aromatic heterocycles. The molecule has 4 aliphatic carbocycles. The van der Waals surface area contributed by atoms with Crippen LogP contribution < -0.4 is 0 Å². The maximum Gasteiger partial charge on any atom is 0.314 e. The van der Waals surface area contributed by atoms with Crippen molar-refractivity contribution in [1.82, 2.24) is 0 Å². The van der Waals surface area contributed by atoms with Gasteiger partial charge in [-0.05, 0) is 105 Å². The quantitative estimate of drug-likeness (QED) is 0.189. The molecule has 0 aliphatic heterocycles. The lowest BCUT2D eigenvalue weighted by molar-refractivity contribution is -0.158. The first kappa shape index (κ1) is 29.3. The van der Waals surface area contributed by atoms with Crippen LogP contribution in [0.4, 0.5) is 0 Å². The molecule has 4 fully saturated rings. The molecule has 5 nitrogen and oxygen atoms in total. The Labute approximate surface area is 229 Å². The number of hydrogen-bond donors (Lipinski definition) is 3. The smallest absolute Gasteiger partial charge is 0.314 e. The van der Waals surface area contributed by atoms with Crippen molar-refractivity contribution in [2.24, 2.45) is 28.1 Å². The lowest BCUT2D eigenvalue weighted by Gasteiger charge is -2.45. The molecule has 0 aromatic rings. The lowest BCUT2D eigenvalue weighted by Crippen LogP contribution is -2.38. The Kier molecular flexibility index (Phi) is 8.81. The van der Waals surface area contributed by atoms with Gasteiger partial charge in [-0.1, -0.05) is 56.7 Å². The van der Waals surface area contributed by atoms with E-state index in [0.717, 1.165) is 43.3 Å². The van der Waals surface area contributed by atoms with Crippen molar-refractivity contribution in [2.45, 2.75) is 117 Å². The number of allylic oxidation sites excluding steroid dienone is 4. The Morgan fingerprint density at radius 2 is 1.95 bits per heavy atom. The predicted molar refractivity (Wildman–Crippen MR) is 151 cm³/mol. The van der Waals surface area contributed by atoms with Crippen molar-refractivity contribution in [3.05, 3.63) is 47.6 Å². The number of carbonyl (C=O) groups is 1. The Bertz CT molecular complexity index is 983. The first-order valence-corrected chi connectivity index (χ1v) is 14.9. The van der Waals surface area contributed by atoms with E-state index in [1.807, 2.05) is 6.08 Å². The van der Waals surface area contributed by atoms with Gasteiger partial charge in [-0.25, -0.2) is 0 Å². The largest absolute Gasteiger partial charge is 0.465 e. The van der Waals surface area contributed by atoms with Crippen molar-refractivity contribution >= 4 is 5.97 Å². The molecule has 0 unspecified atom stereocenters. The molecular formula is C33H50O5. The minimum atomic E-state index is -0.971. The van der Waals surface area contributed by atoms with E-state index in [1.165, 1.54) is 31.3 Å². The molecule has 3 N–H and O–H groups in total. The van der Waals surface area contributed by atoms with Crippen molar-refractivity contribution in [2.75, 3.05) is 6.61 Å². The summed E-state index contributed by atoms with van der Waals surface area (Å²) in [5.74, 6) is 0.760. The van der Waals surface area contributed by atoms with Crippen LogP contribution in [-0.2, 0) is 9.53 Å².